The first-order valence-electron chi connectivity index (χ1n) is 8.88. The molecular formula is C21H26N2O2. The van der Waals surface area contributed by atoms with Crippen LogP contribution in [-0.4, -0.2) is 53.6 Å². The van der Waals surface area contributed by atoms with Crippen molar-refractivity contribution in [1.29, 1.82) is 0 Å². The van der Waals surface area contributed by atoms with Crippen LogP contribution in [0.3, 0.4) is 0 Å². The van der Waals surface area contributed by atoms with Crippen molar-refractivity contribution in [3.63, 3.8) is 0 Å². The third-order valence-corrected chi connectivity index (χ3v) is 4.92. The summed E-state index contributed by atoms with van der Waals surface area (Å²) in [6.07, 6.45) is 0.966. The first-order chi connectivity index (χ1) is 12.1. The minimum absolute atomic E-state index is 0.0114. The number of benzene rings is 2. The van der Waals surface area contributed by atoms with E-state index in [9.17, 15) is 9.90 Å². The minimum atomic E-state index is -0.248. The summed E-state index contributed by atoms with van der Waals surface area (Å²) in [5.41, 5.74) is 2.16. The summed E-state index contributed by atoms with van der Waals surface area (Å²) in [5.74, 6) is 0.111. The van der Waals surface area contributed by atoms with E-state index in [-0.39, 0.29) is 18.1 Å². The standard InChI is InChI=1S/C21H26N2O2/c1-22(21(25)14-17-8-4-2-5-9-17)20(18-10-6-3-7-11-18)16-23-13-12-19(24)15-23/h2-11,19-20,24H,12-16H2,1H3/t19-,20+/m0/s1. The Kier molecular flexibility index (Phi) is 5.84. The molecule has 1 fully saturated rings. The molecule has 4 heteroatoms. The van der Waals surface area contributed by atoms with Crippen molar-refractivity contribution in [3.05, 3.63) is 71.8 Å². The monoisotopic (exact) mass is 338 g/mol. The molecule has 25 heavy (non-hydrogen) atoms. The molecule has 0 bridgehead atoms. The smallest absolute Gasteiger partial charge is 0.227 e. The zero-order valence-corrected chi connectivity index (χ0v) is 14.7. The zero-order valence-electron chi connectivity index (χ0n) is 14.7. The molecule has 0 spiro atoms. The molecule has 1 amide bonds. The number of aliphatic hydroxyl groups is 1. The van der Waals surface area contributed by atoms with Crippen LogP contribution in [0.1, 0.15) is 23.6 Å². The molecular weight excluding hydrogens is 312 g/mol. The van der Waals surface area contributed by atoms with Gasteiger partial charge in [0.15, 0.2) is 0 Å². The number of carbonyl (C=O) groups is 1. The van der Waals surface area contributed by atoms with Crippen LogP contribution in [-0.2, 0) is 11.2 Å². The average molecular weight is 338 g/mol. The van der Waals surface area contributed by atoms with E-state index in [1.807, 2.05) is 60.5 Å². The summed E-state index contributed by atoms with van der Waals surface area (Å²) >= 11 is 0. The van der Waals surface area contributed by atoms with Gasteiger partial charge in [0.05, 0.1) is 18.6 Å². The van der Waals surface area contributed by atoms with Gasteiger partial charge in [-0.3, -0.25) is 9.69 Å². The first kappa shape index (κ1) is 17.6. The van der Waals surface area contributed by atoms with Gasteiger partial charge in [-0.2, -0.15) is 0 Å². The molecule has 1 heterocycles. The Hall–Kier alpha value is -2.17. The van der Waals surface area contributed by atoms with Gasteiger partial charge in [0, 0.05) is 26.7 Å². The quantitative estimate of drug-likeness (QED) is 0.880. The number of nitrogens with zero attached hydrogens (tertiary/aromatic N) is 2. The number of aliphatic hydroxyl groups excluding tert-OH is 1. The molecule has 1 aliphatic heterocycles. The normalized spacial score (nSPS) is 18.9. The Labute approximate surface area is 149 Å². The number of likely N-dealkylation sites (N-methyl/N-ethyl adjacent to an activating group) is 1. The van der Waals surface area contributed by atoms with Gasteiger partial charge in [-0.05, 0) is 17.5 Å². The van der Waals surface area contributed by atoms with E-state index < -0.39 is 0 Å². The predicted octanol–water partition coefficient (Wildman–Crippen LogP) is 2.50. The Bertz CT molecular complexity index is 675. The molecule has 1 N–H and O–H groups in total. The molecule has 1 saturated heterocycles. The van der Waals surface area contributed by atoms with Gasteiger partial charge in [0.2, 0.25) is 5.91 Å². The van der Waals surface area contributed by atoms with Gasteiger partial charge in [-0.25, -0.2) is 0 Å². The van der Waals surface area contributed by atoms with Crippen molar-refractivity contribution in [1.82, 2.24) is 9.80 Å². The van der Waals surface area contributed by atoms with Crippen LogP contribution in [0.2, 0.25) is 0 Å². The van der Waals surface area contributed by atoms with Gasteiger partial charge < -0.3 is 10.0 Å². The summed E-state index contributed by atoms with van der Waals surface area (Å²) in [5, 5.41) is 9.80. The maximum absolute atomic E-state index is 12.8. The number of hydrogen-bond acceptors (Lipinski definition) is 3. The number of hydrogen-bond donors (Lipinski definition) is 1. The highest BCUT2D eigenvalue weighted by Crippen LogP contribution is 2.23. The topological polar surface area (TPSA) is 43.8 Å². The highest BCUT2D eigenvalue weighted by molar-refractivity contribution is 5.79. The molecule has 2 aromatic carbocycles. The second-order valence-electron chi connectivity index (χ2n) is 6.80. The van der Waals surface area contributed by atoms with Crippen LogP contribution in [0.5, 0.6) is 0 Å². The molecule has 0 aliphatic carbocycles. The summed E-state index contributed by atoms with van der Waals surface area (Å²) in [7, 11) is 1.88. The van der Waals surface area contributed by atoms with Crippen molar-refractivity contribution in [2.24, 2.45) is 0 Å². The maximum Gasteiger partial charge on any atom is 0.227 e. The third kappa shape index (κ3) is 4.68. The maximum atomic E-state index is 12.8. The lowest BCUT2D eigenvalue weighted by Crippen LogP contribution is -2.39. The molecule has 1 aliphatic rings. The van der Waals surface area contributed by atoms with Crippen LogP contribution < -0.4 is 0 Å². The van der Waals surface area contributed by atoms with Crippen molar-refractivity contribution >= 4 is 5.91 Å². The molecule has 3 rings (SSSR count). The lowest BCUT2D eigenvalue weighted by atomic mass is 10.0. The van der Waals surface area contributed by atoms with Gasteiger partial charge >= 0.3 is 0 Å². The number of likely N-dealkylation sites (tertiary alicyclic amines) is 1. The van der Waals surface area contributed by atoms with Crippen LogP contribution in [0, 0.1) is 0 Å². The lowest BCUT2D eigenvalue weighted by molar-refractivity contribution is -0.131. The van der Waals surface area contributed by atoms with Gasteiger partial charge in [0.25, 0.3) is 0 Å². The van der Waals surface area contributed by atoms with Crippen LogP contribution in [0.25, 0.3) is 0 Å². The third-order valence-electron chi connectivity index (χ3n) is 4.92. The molecule has 0 radical (unpaired) electrons. The Morgan fingerprint density at radius 2 is 1.80 bits per heavy atom. The first-order valence-corrected chi connectivity index (χ1v) is 8.88. The van der Waals surface area contributed by atoms with E-state index in [0.717, 1.165) is 30.6 Å². The SMILES string of the molecule is CN(C(=O)Cc1ccccc1)[C@H](CN1CC[C@H](O)C1)c1ccccc1. The van der Waals surface area contributed by atoms with Crippen LogP contribution in [0.4, 0.5) is 0 Å². The lowest BCUT2D eigenvalue weighted by Gasteiger charge is -2.32. The number of rotatable bonds is 6. The zero-order chi connectivity index (χ0) is 17.6. The second kappa shape index (κ2) is 8.28. The molecule has 132 valence electrons. The van der Waals surface area contributed by atoms with Crippen molar-refractivity contribution in [2.45, 2.75) is 25.0 Å². The van der Waals surface area contributed by atoms with Crippen molar-refractivity contribution < 1.29 is 9.90 Å². The molecule has 0 aromatic heterocycles. The van der Waals surface area contributed by atoms with Crippen molar-refractivity contribution in [3.8, 4) is 0 Å². The predicted molar refractivity (Wildman–Crippen MR) is 99.2 cm³/mol. The molecule has 2 atom stereocenters. The Balaban J connectivity index is 1.74. The van der Waals surface area contributed by atoms with E-state index in [0.29, 0.717) is 13.0 Å². The summed E-state index contributed by atoms with van der Waals surface area (Å²) in [6.45, 7) is 2.31. The molecule has 0 unspecified atom stereocenters. The van der Waals surface area contributed by atoms with Gasteiger partial charge in [-0.1, -0.05) is 60.7 Å². The average Bonchev–Trinajstić information content (AvgIpc) is 3.05. The molecule has 2 aromatic rings. The summed E-state index contributed by atoms with van der Waals surface area (Å²) in [4.78, 5) is 16.9. The van der Waals surface area contributed by atoms with E-state index in [1.165, 1.54) is 0 Å². The summed E-state index contributed by atoms with van der Waals surface area (Å²) in [6, 6.07) is 20.0. The molecule has 4 nitrogen and oxygen atoms in total. The Morgan fingerprint density at radius 1 is 1.16 bits per heavy atom. The fraction of sp³-hybridized carbons (Fsp3) is 0.381. The van der Waals surface area contributed by atoms with Gasteiger partial charge in [0.1, 0.15) is 0 Å². The van der Waals surface area contributed by atoms with E-state index in [1.54, 1.807) is 0 Å². The second-order valence-corrected chi connectivity index (χ2v) is 6.80. The minimum Gasteiger partial charge on any atom is -0.392 e. The van der Waals surface area contributed by atoms with E-state index >= 15 is 0 Å². The van der Waals surface area contributed by atoms with Crippen LogP contribution in [0.15, 0.2) is 60.7 Å². The van der Waals surface area contributed by atoms with E-state index in [2.05, 4.69) is 17.0 Å². The van der Waals surface area contributed by atoms with Gasteiger partial charge in [-0.15, -0.1) is 0 Å². The number of carbonyl (C=O) groups excluding carboxylic acids is 1. The summed E-state index contributed by atoms with van der Waals surface area (Å²) < 4.78 is 0. The highest BCUT2D eigenvalue weighted by atomic mass is 16.3. The largest absolute Gasteiger partial charge is 0.392 e. The van der Waals surface area contributed by atoms with Crippen molar-refractivity contribution in [2.75, 3.05) is 26.7 Å². The number of amides is 1. The fourth-order valence-corrected chi connectivity index (χ4v) is 3.42. The fourth-order valence-electron chi connectivity index (χ4n) is 3.42. The van der Waals surface area contributed by atoms with E-state index in [4.69, 9.17) is 0 Å². The molecule has 0 saturated carbocycles. The highest BCUT2D eigenvalue weighted by Gasteiger charge is 2.27. The van der Waals surface area contributed by atoms with Crippen LogP contribution >= 0.6 is 0 Å². The Morgan fingerprint density at radius 3 is 2.40 bits per heavy atom. The number of β-amino-alcohol motifs (C(OH)–C–C–N with tert-alkyl or cyclic N) is 1.